The number of thioether (sulfide) groups is 1. The number of rotatable bonds is 13. The van der Waals surface area contributed by atoms with E-state index in [-0.39, 0.29) is 12.5 Å². The summed E-state index contributed by atoms with van der Waals surface area (Å²) in [6, 6.07) is 11.0. The predicted molar refractivity (Wildman–Crippen MR) is 141 cm³/mol. The van der Waals surface area contributed by atoms with E-state index in [9.17, 15) is 4.79 Å². The summed E-state index contributed by atoms with van der Waals surface area (Å²) in [4.78, 5) is 12.4. The van der Waals surface area contributed by atoms with E-state index in [4.69, 9.17) is 42.8 Å². The third kappa shape index (κ3) is 7.82. The van der Waals surface area contributed by atoms with Crippen LogP contribution in [-0.4, -0.2) is 37.2 Å². The molecule has 2 aromatic rings. The first-order valence-corrected chi connectivity index (χ1v) is 12.7. The monoisotopic (exact) mass is 521 g/mol. The van der Waals surface area contributed by atoms with Crippen LogP contribution >= 0.6 is 35.6 Å². The van der Waals surface area contributed by atoms with Crippen molar-refractivity contribution in [1.82, 2.24) is 5.32 Å². The zero-order valence-corrected chi connectivity index (χ0v) is 21.6. The molecule has 0 radical (unpaired) electrons. The number of thiocarbonyl (C=S) groups is 1. The van der Waals surface area contributed by atoms with Gasteiger partial charge in [-0.3, -0.25) is 4.79 Å². The van der Waals surface area contributed by atoms with Gasteiger partial charge in [-0.1, -0.05) is 61.8 Å². The molecule has 34 heavy (non-hydrogen) atoms. The summed E-state index contributed by atoms with van der Waals surface area (Å²) in [6.07, 6.45) is 6.42. The van der Waals surface area contributed by atoms with Gasteiger partial charge >= 0.3 is 0 Å². The van der Waals surface area contributed by atoms with E-state index in [1.54, 1.807) is 18.2 Å². The van der Waals surface area contributed by atoms with Crippen LogP contribution in [0.4, 0.5) is 0 Å². The van der Waals surface area contributed by atoms with Crippen molar-refractivity contribution in [2.24, 2.45) is 0 Å². The lowest BCUT2D eigenvalue weighted by Gasteiger charge is -2.14. The number of benzene rings is 2. The molecule has 0 aliphatic carbocycles. The maximum absolute atomic E-state index is 11.9. The third-order valence-corrected chi connectivity index (χ3v) is 6.32. The van der Waals surface area contributed by atoms with Crippen LogP contribution < -0.4 is 24.3 Å². The molecule has 9 heteroatoms. The standard InChI is InChI=1S/C25H28ClNO5S2/c1-3-4-5-6-11-30-18-7-9-19(10-8-18)31-12-13-32-23-20(26)14-17(15-21(23)29-2)16-22-24(28)27-25(33)34-22/h7-10,14-16H,3-6,11-13H2,1-2H3,(H,27,28,33). The Labute approximate surface area is 214 Å². The van der Waals surface area contributed by atoms with Gasteiger partial charge in [0.05, 0.1) is 23.6 Å². The molecule has 0 spiro atoms. The average molecular weight is 522 g/mol. The Bertz CT molecular complexity index is 1030. The first-order valence-electron chi connectivity index (χ1n) is 11.1. The number of nitrogens with one attached hydrogen (secondary N) is 1. The van der Waals surface area contributed by atoms with Crippen LogP contribution in [0.15, 0.2) is 41.3 Å². The molecule has 1 saturated heterocycles. The maximum Gasteiger partial charge on any atom is 0.263 e. The Hall–Kier alpha value is -2.42. The maximum atomic E-state index is 11.9. The van der Waals surface area contributed by atoms with E-state index in [0.29, 0.717) is 37.9 Å². The number of hydrogen-bond acceptors (Lipinski definition) is 7. The van der Waals surface area contributed by atoms with Crippen LogP contribution in [0.2, 0.25) is 5.02 Å². The van der Waals surface area contributed by atoms with Crippen molar-refractivity contribution < 1.29 is 23.7 Å². The predicted octanol–water partition coefficient (Wildman–Crippen LogP) is 6.25. The molecule has 0 atom stereocenters. The second kappa shape index (κ2) is 13.5. The van der Waals surface area contributed by atoms with Crippen LogP contribution in [0, 0.1) is 0 Å². The molecule has 2 aromatic carbocycles. The highest BCUT2D eigenvalue weighted by Crippen LogP contribution is 2.38. The number of carbonyl (C=O) groups is 1. The average Bonchev–Trinajstić information content (AvgIpc) is 3.14. The van der Waals surface area contributed by atoms with Crippen molar-refractivity contribution in [3.8, 4) is 23.0 Å². The fourth-order valence-electron chi connectivity index (χ4n) is 3.19. The number of carbonyl (C=O) groups excluding carboxylic acids is 1. The SMILES string of the molecule is CCCCCCOc1ccc(OCCOc2c(Cl)cc(C=C3SC(=S)NC3=O)cc2OC)cc1. The van der Waals surface area contributed by atoms with Crippen molar-refractivity contribution in [3.05, 3.63) is 51.9 Å². The molecule has 0 saturated carbocycles. The lowest BCUT2D eigenvalue weighted by Crippen LogP contribution is -2.17. The summed E-state index contributed by atoms with van der Waals surface area (Å²) >= 11 is 12.6. The number of methoxy groups -OCH3 is 1. The van der Waals surface area contributed by atoms with Gasteiger partial charge < -0.3 is 24.3 Å². The van der Waals surface area contributed by atoms with Crippen LogP contribution in [0.5, 0.6) is 23.0 Å². The second-order valence-electron chi connectivity index (χ2n) is 7.46. The van der Waals surface area contributed by atoms with Gasteiger partial charge in [0, 0.05) is 0 Å². The molecule has 182 valence electrons. The molecular weight excluding hydrogens is 494 g/mol. The van der Waals surface area contributed by atoms with Gasteiger partial charge in [0.15, 0.2) is 11.5 Å². The molecule has 1 heterocycles. The number of unbranched alkanes of at least 4 members (excludes halogenated alkanes) is 3. The molecule has 0 bridgehead atoms. The minimum absolute atomic E-state index is 0.228. The van der Waals surface area contributed by atoms with Crippen LogP contribution in [0.1, 0.15) is 38.2 Å². The summed E-state index contributed by atoms with van der Waals surface area (Å²) in [7, 11) is 1.53. The van der Waals surface area contributed by atoms with E-state index in [2.05, 4.69) is 12.2 Å². The highest BCUT2D eigenvalue weighted by atomic mass is 35.5. The molecule has 0 unspecified atom stereocenters. The zero-order chi connectivity index (χ0) is 24.3. The summed E-state index contributed by atoms with van der Waals surface area (Å²) < 4.78 is 23.2. The van der Waals surface area contributed by atoms with E-state index in [1.807, 2.05) is 24.3 Å². The fraction of sp³-hybridized carbons (Fsp3) is 0.360. The highest BCUT2D eigenvalue weighted by molar-refractivity contribution is 8.26. The largest absolute Gasteiger partial charge is 0.494 e. The highest BCUT2D eigenvalue weighted by Gasteiger charge is 2.22. The molecular formula is C25H28ClNO5S2. The van der Waals surface area contributed by atoms with E-state index >= 15 is 0 Å². The van der Waals surface area contributed by atoms with Gasteiger partial charge in [-0.15, -0.1) is 0 Å². The first-order chi connectivity index (χ1) is 16.5. The summed E-state index contributed by atoms with van der Waals surface area (Å²) in [5.41, 5.74) is 0.709. The Kier molecular flexibility index (Phi) is 10.4. The number of amides is 1. The Morgan fingerprint density at radius 1 is 1.00 bits per heavy atom. The number of halogens is 1. The number of ether oxygens (including phenoxy) is 4. The fourth-order valence-corrected chi connectivity index (χ4v) is 4.51. The molecule has 1 fully saturated rings. The van der Waals surface area contributed by atoms with Gasteiger partial charge in [-0.05, 0) is 54.5 Å². The normalized spacial score (nSPS) is 14.3. The minimum Gasteiger partial charge on any atom is -0.494 e. The van der Waals surface area contributed by atoms with Gasteiger partial charge in [-0.2, -0.15) is 0 Å². The van der Waals surface area contributed by atoms with Gasteiger partial charge in [0.1, 0.15) is 29.0 Å². The molecule has 1 N–H and O–H groups in total. The lowest BCUT2D eigenvalue weighted by atomic mass is 10.2. The van der Waals surface area contributed by atoms with Crippen molar-refractivity contribution in [1.29, 1.82) is 0 Å². The Balaban J connectivity index is 1.49. The quantitative estimate of drug-likeness (QED) is 0.190. The van der Waals surface area contributed by atoms with Crippen LogP contribution in [0.3, 0.4) is 0 Å². The second-order valence-corrected chi connectivity index (χ2v) is 9.59. The summed E-state index contributed by atoms with van der Waals surface area (Å²) in [5.74, 6) is 2.22. The summed E-state index contributed by atoms with van der Waals surface area (Å²) in [6.45, 7) is 3.53. The smallest absolute Gasteiger partial charge is 0.263 e. The van der Waals surface area contributed by atoms with Crippen LogP contribution in [0.25, 0.3) is 6.08 Å². The summed E-state index contributed by atoms with van der Waals surface area (Å²) in [5, 5.41) is 2.96. The lowest BCUT2D eigenvalue weighted by molar-refractivity contribution is -0.115. The Morgan fingerprint density at radius 2 is 1.68 bits per heavy atom. The molecule has 1 aliphatic heterocycles. The van der Waals surface area contributed by atoms with E-state index < -0.39 is 0 Å². The van der Waals surface area contributed by atoms with E-state index in [0.717, 1.165) is 24.5 Å². The third-order valence-electron chi connectivity index (χ3n) is 4.88. The molecule has 1 amide bonds. The van der Waals surface area contributed by atoms with Crippen molar-refractivity contribution in [2.75, 3.05) is 26.9 Å². The van der Waals surface area contributed by atoms with Crippen molar-refractivity contribution >= 4 is 51.9 Å². The van der Waals surface area contributed by atoms with Crippen molar-refractivity contribution in [2.45, 2.75) is 32.6 Å². The van der Waals surface area contributed by atoms with Crippen LogP contribution in [-0.2, 0) is 4.79 Å². The molecule has 1 aliphatic rings. The van der Waals surface area contributed by atoms with E-state index in [1.165, 1.54) is 38.1 Å². The Morgan fingerprint density at radius 3 is 2.29 bits per heavy atom. The zero-order valence-electron chi connectivity index (χ0n) is 19.2. The first kappa shape index (κ1) is 26.2. The van der Waals surface area contributed by atoms with Gasteiger partial charge in [0.25, 0.3) is 5.91 Å². The molecule has 6 nitrogen and oxygen atoms in total. The number of hydrogen-bond donors (Lipinski definition) is 1. The molecule has 0 aromatic heterocycles. The topological polar surface area (TPSA) is 66.0 Å². The minimum atomic E-state index is -0.228. The van der Waals surface area contributed by atoms with Gasteiger partial charge in [-0.25, -0.2) is 0 Å². The molecule has 3 rings (SSSR count). The van der Waals surface area contributed by atoms with Crippen molar-refractivity contribution in [3.63, 3.8) is 0 Å². The van der Waals surface area contributed by atoms with Gasteiger partial charge in [0.2, 0.25) is 0 Å².